The summed E-state index contributed by atoms with van der Waals surface area (Å²) in [7, 11) is 0. The molecule has 0 aliphatic carbocycles. The number of hydrogen-bond acceptors (Lipinski definition) is 5. The number of aromatic amines is 2. The fourth-order valence-corrected chi connectivity index (χ4v) is 3.41. The van der Waals surface area contributed by atoms with Crippen LogP contribution < -0.4 is 10.3 Å². The summed E-state index contributed by atoms with van der Waals surface area (Å²) < 4.78 is 5.51. The first-order valence-corrected chi connectivity index (χ1v) is 8.09. The molecule has 0 fully saturated rings. The Kier molecular flexibility index (Phi) is 3.34. The Morgan fingerprint density at radius 2 is 2.32 bits per heavy atom. The number of fused-ring (bicyclic) bond motifs is 2. The van der Waals surface area contributed by atoms with Crippen LogP contribution in [0.15, 0.2) is 34.3 Å². The van der Waals surface area contributed by atoms with E-state index in [0.29, 0.717) is 16.2 Å². The Morgan fingerprint density at radius 3 is 3.27 bits per heavy atom. The van der Waals surface area contributed by atoms with E-state index in [1.54, 1.807) is 0 Å². The first-order valence-electron chi connectivity index (χ1n) is 7.10. The molecule has 2 N–H and O–H groups in total. The van der Waals surface area contributed by atoms with Crippen LogP contribution in [-0.4, -0.2) is 32.5 Å². The van der Waals surface area contributed by atoms with Gasteiger partial charge in [-0.25, -0.2) is 4.98 Å². The predicted molar refractivity (Wildman–Crippen MR) is 84.6 cm³/mol. The van der Waals surface area contributed by atoms with Gasteiger partial charge in [0.1, 0.15) is 11.1 Å². The van der Waals surface area contributed by atoms with Gasteiger partial charge in [-0.15, -0.1) is 0 Å². The Bertz CT molecular complexity index is 887. The molecule has 0 amide bonds. The fraction of sp³-hybridized carbons (Fsp3) is 0.267. The molecule has 0 saturated carbocycles. The third kappa shape index (κ3) is 2.48. The van der Waals surface area contributed by atoms with Crippen LogP contribution in [0.1, 0.15) is 11.1 Å². The molecule has 7 heteroatoms. The maximum Gasteiger partial charge on any atom is 0.262 e. The van der Waals surface area contributed by atoms with Crippen molar-refractivity contribution in [2.45, 2.75) is 18.0 Å². The molecule has 1 aliphatic rings. The van der Waals surface area contributed by atoms with Crippen molar-refractivity contribution >= 4 is 22.8 Å². The fourth-order valence-electron chi connectivity index (χ4n) is 2.55. The van der Waals surface area contributed by atoms with Crippen LogP contribution in [0.4, 0.5) is 0 Å². The molecule has 0 spiro atoms. The number of nitrogens with zero attached hydrogens (tertiary/aromatic N) is 2. The van der Waals surface area contributed by atoms with Gasteiger partial charge < -0.3 is 9.72 Å². The summed E-state index contributed by atoms with van der Waals surface area (Å²) in [5.41, 5.74) is 2.94. The van der Waals surface area contributed by atoms with Crippen LogP contribution >= 0.6 is 11.8 Å². The Balaban J connectivity index is 1.44. The van der Waals surface area contributed by atoms with Gasteiger partial charge in [0.25, 0.3) is 5.56 Å². The summed E-state index contributed by atoms with van der Waals surface area (Å²) in [6.45, 7) is 0.781. The second kappa shape index (κ2) is 5.49. The number of ether oxygens (including phenoxy) is 1. The maximum atomic E-state index is 11.8. The summed E-state index contributed by atoms with van der Waals surface area (Å²) >= 11 is 1.54. The molecule has 2 aromatic heterocycles. The van der Waals surface area contributed by atoms with E-state index >= 15 is 0 Å². The van der Waals surface area contributed by atoms with Gasteiger partial charge in [0.05, 0.1) is 12.8 Å². The lowest BCUT2D eigenvalue weighted by atomic mass is 10.1. The molecule has 22 heavy (non-hydrogen) atoms. The van der Waals surface area contributed by atoms with E-state index in [2.05, 4.69) is 32.3 Å². The predicted octanol–water partition coefficient (Wildman–Crippen LogP) is 1.92. The van der Waals surface area contributed by atoms with Crippen LogP contribution in [-0.2, 0) is 12.8 Å². The lowest BCUT2D eigenvalue weighted by molar-refractivity contribution is 0.357. The Labute approximate surface area is 130 Å². The maximum absolute atomic E-state index is 11.8. The van der Waals surface area contributed by atoms with Crippen molar-refractivity contribution in [3.63, 3.8) is 0 Å². The number of H-pyrrole nitrogens is 2. The van der Waals surface area contributed by atoms with Gasteiger partial charge >= 0.3 is 0 Å². The van der Waals surface area contributed by atoms with E-state index in [1.807, 2.05) is 6.07 Å². The topological polar surface area (TPSA) is 83.7 Å². The second-order valence-corrected chi connectivity index (χ2v) is 6.23. The summed E-state index contributed by atoms with van der Waals surface area (Å²) in [4.78, 5) is 19.0. The molecule has 3 aromatic rings. The number of aryl methyl sites for hydroxylation is 1. The molecule has 6 nitrogen and oxygen atoms in total. The van der Waals surface area contributed by atoms with Gasteiger partial charge in [-0.1, -0.05) is 23.9 Å². The van der Waals surface area contributed by atoms with Gasteiger partial charge in [-0.2, -0.15) is 5.10 Å². The standard InChI is InChI=1S/C15H14N4O2S/c20-14-11-8-16-19-13(11)17-15(18-14)22-6-4-9-1-2-12-10(7-9)3-5-21-12/h1-2,7-8H,3-6H2,(H2,16,17,18,19,20). The number of nitrogens with one attached hydrogen (secondary N) is 2. The SMILES string of the molecule is O=c1[nH]c(SCCc2ccc3c(c2)CCO3)nc2[nH]ncc12. The molecule has 0 saturated heterocycles. The van der Waals surface area contributed by atoms with Crippen molar-refractivity contribution in [3.8, 4) is 5.75 Å². The minimum absolute atomic E-state index is 0.157. The molecule has 0 radical (unpaired) electrons. The molecule has 3 heterocycles. The second-order valence-electron chi connectivity index (χ2n) is 5.14. The average Bonchev–Trinajstić information content (AvgIpc) is 3.15. The number of thioether (sulfide) groups is 1. The van der Waals surface area contributed by atoms with Crippen molar-refractivity contribution in [1.82, 2.24) is 20.2 Å². The summed E-state index contributed by atoms with van der Waals surface area (Å²) in [5.74, 6) is 1.86. The largest absolute Gasteiger partial charge is 0.493 e. The number of rotatable bonds is 4. The lowest BCUT2D eigenvalue weighted by Gasteiger charge is -2.04. The van der Waals surface area contributed by atoms with Crippen LogP contribution in [0, 0.1) is 0 Å². The molecule has 4 rings (SSSR count). The molecular weight excluding hydrogens is 300 g/mol. The van der Waals surface area contributed by atoms with Crippen molar-refractivity contribution in [3.05, 3.63) is 45.9 Å². The van der Waals surface area contributed by atoms with E-state index in [9.17, 15) is 4.79 Å². The van der Waals surface area contributed by atoms with E-state index in [-0.39, 0.29) is 5.56 Å². The third-order valence-corrected chi connectivity index (χ3v) is 4.56. The van der Waals surface area contributed by atoms with Crippen LogP contribution in [0.5, 0.6) is 5.75 Å². The monoisotopic (exact) mass is 314 g/mol. The summed E-state index contributed by atoms with van der Waals surface area (Å²) in [5, 5.41) is 7.67. The zero-order valence-electron chi connectivity index (χ0n) is 11.8. The highest BCUT2D eigenvalue weighted by atomic mass is 32.2. The van der Waals surface area contributed by atoms with Gasteiger partial charge in [0.15, 0.2) is 10.8 Å². The van der Waals surface area contributed by atoms with E-state index in [1.165, 1.54) is 29.1 Å². The molecule has 112 valence electrons. The van der Waals surface area contributed by atoms with Crippen molar-refractivity contribution in [2.75, 3.05) is 12.4 Å². The summed E-state index contributed by atoms with van der Waals surface area (Å²) in [6, 6.07) is 6.34. The Morgan fingerprint density at radius 1 is 1.36 bits per heavy atom. The Hall–Kier alpha value is -2.28. The highest BCUT2D eigenvalue weighted by Crippen LogP contribution is 2.26. The van der Waals surface area contributed by atoms with Crippen molar-refractivity contribution in [1.29, 1.82) is 0 Å². The van der Waals surface area contributed by atoms with E-state index in [4.69, 9.17) is 4.74 Å². The van der Waals surface area contributed by atoms with Crippen molar-refractivity contribution < 1.29 is 4.74 Å². The number of benzene rings is 1. The van der Waals surface area contributed by atoms with Gasteiger partial charge in [0.2, 0.25) is 0 Å². The van der Waals surface area contributed by atoms with Gasteiger partial charge in [-0.05, 0) is 23.6 Å². The normalized spacial score (nSPS) is 13.3. The molecule has 1 aliphatic heterocycles. The number of hydrogen-bond donors (Lipinski definition) is 2. The van der Waals surface area contributed by atoms with E-state index in [0.717, 1.165) is 31.0 Å². The molecule has 1 aromatic carbocycles. The highest BCUT2D eigenvalue weighted by molar-refractivity contribution is 7.99. The first-order chi connectivity index (χ1) is 10.8. The van der Waals surface area contributed by atoms with Crippen LogP contribution in [0.2, 0.25) is 0 Å². The summed E-state index contributed by atoms with van der Waals surface area (Å²) in [6.07, 6.45) is 3.40. The average molecular weight is 314 g/mol. The van der Waals surface area contributed by atoms with Crippen LogP contribution in [0.3, 0.4) is 0 Å². The quantitative estimate of drug-likeness (QED) is 0.568. The molecule has 0 bridgehead atoms. The van der Waals surface area contributed by atoms with Crippen molar-refractivity contribution in [2.24, 2.45) is 0 Å². The zero-order chi connectivity index (χ0) is 14.9. The molecular formula is C15H14N4O2S. The number of aromatic nitrogens is 4. The smallest absolute Gasteiger partial charge is 0.262 e. The van der Waals surface area contributed by atoms with E-state index < -0.39 is 0 Å². The van der Waals surface area contributed by atoms with Gasteiger partial charge in [0, 0.05) is 12.2 Å². The lowest BCUT2D eigenvalue weighted by Crippen LogP contribution is -2.08. The third-order valence-electron chi connectivity index (χ3n) is 3.68. The highest BCUT2D eigenvalue weighted by Gasteiger charge is 2.12. The molecule has 0 atom stereocenters. The zero-order valence-corrected chi connectivity index (χ0v) is 12.6. The first kappa shape index (κ1) is 13.4. The van der Waals surface area contributed by atoms with Gasteiger partial charge in [-0.3, -0.25) is 9.89 Å². The van der Waals surface area contributed by atoms with Crippen LogP contribution in [0.25, 0.3) is 11.0 Å². The molecule has 0 unspecified atom stereocenters. The minimum atomic E-state index is -0.157. The minimum Gasteiger partial charge on any atom is -0.493 e.